The fraction of sp³-hybridized carbons (Fsp3) is 0.106. The molecule has 0 saturated carbocycles. The van der Waals surface area contributed by atoms with Crippen molar-refractivity contribution in [2.75, 3.05) is 0 Å². The fourth-order valence-corrected chi connectivity index (χ4v) is 8.57. The SMILES string of the molecule is CC(c1ccccc1)c1cc(-c2[c-]cccc2)ncc1[Si](C)(C)C.[Ir].[c-]1ccc2c(oc3ccccc32)c1-c1nc2ccccc2n1-c1ccccc1. The molecule has 0 fully saturated rings. The van der Waals surface area contributed by atoms with Crippen LogP contribution in [-0.4, -0.2) is 22.6 Å². The molecule has 0 aliphatic heterocycles. The van der Waals surface area contributed by atoms with Gasteiger partial charge in [0.15, 0.2) is 0 Å². The first kappa shape index (κ1) is 36.0. The molecule has 0 bridgehead atoms. The van der Waals surface area contributed by atoms with Crippen LogP contribution in [-0.2, 0) is 20.1 Å². The van der Waals surface area contributed by atoms with Gasteiger partial charge in [0.1, 0.15) is 5.58 Å². The predicted octanol–water partition coefficient (Wildman–Crippen LogP) is 11.6. The van der Waals surface area contributed by atoms with Gasteiger partial charge in [0.2, 0.25) is 0 Å². The van der Waals surface area contributed by atoms with Crippen LogP contribution in [0.25, 0.3) is 61.3 Å². The zero-order valence-corrected chi connectivity index (χ0v) is 33.6. The third-order valence-corrected chi connectivity index (χ3v) is 11.7. The van der Waals surface area contributed by atoms with Crippen molar-refractivity contribution in [1.82, 2.24) is 14.5 Å². The van der Waals surface area contributed by atoms with E-state index < -0.39 is 8.07 Å². The number of pyridine rings is 1. The van der Waals surface area contributed by atoms with Gasteiger partial charge in [0, 0.05) is 43.3 Å². The van der Waals surface area contributed by atoms with Crippen molar-refractivity contribution >= 4 is 46.2 Å². The summed E-state index contributed by atoms with van der Waals surface area (Å²) >= 11 is 0. The third-order valence-electron chi connectivity index (χ3n) is 9.63. The van der Waals surface area contributed by atoms with E-state index in [1.54, 1.807) is 0 Å². The van der Waals surface area contributed by atoms with Crippen LogP contribution in [0, 0.1) is 12.1 Å². The van der Waals surface area contributed by atoms with E-state index in [2.05, 4.69) is 122 Å². The molecule has 0 aliphatic carbocycles. The summed E-state index contributed by atoms with van der Waals surface area (Å²) in [6, 6.07) is 58.4. The Morgan fingerprint density at radius 2 is 1.40 bits per heavy atom. The van der Waals surface area contributed by atoms with E-state index in [0.717, 1.165) is 61.3 Å². The molecule has 0 N–H and O–H groups in total. The van der Waals surface area contributed by atoms with Gasteiger partial charge in [-0.3, -0.25) is 4.98 Å². The fourth-order valence-electron chi connectivity index (χ4n) is 6.97. The summed E-state index contributed by atoms with van der Waals surface area (Å²) in [4.78, 5) is 9.71. The van der Waals surface area contributed by atoms with Gasteiger partial charge in [-0.2, -0.15) is 0 Å². The van der Waals surface area contributed by atoms with Crippen molar-refractivity contribution in [3.05, 3.63) is 181 Å². The quantitative estimate of drug-likeness (QED) is 0.123. The summed E-state index contributed by atoms with van der Waals surface area (Å²) in [5, 5.41) is 3.63. The van der Waals surface area contributed by atoms with Crippen molar-refractivity contribution in [3.8, 4) is 28.3 Å². The molecule has 9 aromatic rings. The van der Waals surface area contributed by atoms with Crippen LogP contribution >= 0.6 is 0 Å². The molecule has 6 heteroatoms. The number of fused-ring (bicyclic) bond motifs is 4. The number of hydrogen-bond acceptors (Lipinski definition) is 3. The van der Waals surface area contributed by atoms with E-state index in [-0.39, 0.29) is 20.1 Å². The van der Waals surface area contributed by atoms with Gasteiger partial charge in [-0.05, 0) is 52.3 Å². The Hall–Kier alpha value is -5.39. The topological polar surface area (TPSA) is 43.9 Å². The molecule has 0 aliphatic rings. The molecule has 0 saturated heterocycles. The first-order valence-electron chi connectivity index (χ1n) is 17.7. The molecule has 0 spiro atoms. The van der Waals surface area contributed by atoms with Gasteiger partial charge < -0.3 is 14.0 Å². The standard InChI is InChI=1S/C25H15N2O.C22H24NSi.Ir/c1-2-9-17(10-3-1)27-22-15-6-5-14-21(22)26-25(27)20-13-8-12-19-18-11-4-7-16-23(18)28-24(19)20;1-17(18-11-7-5-8-12-18)20-15-21(19-13-9-6-10-14-19)23-16-22(20)24(2,3)4;/h1-12,14-16H;5-13,15-17H,1-4H3;/q2*-1;. The Balaban J connectivity index is 0.000000163. The van der Waals surface area contributed by atoms with Crippen LogP contribution in [0.2, 0.25) is 19.6 Å². The number of aromatic nitrogens is 3. The van der Waals surface area contributed by atoms with Gasteiger partial charge >= 0.3 is 0 Å². The number of rotatable bonds is 6. The Labute approximate surface area is 325 Å². The molecule has 3 heterocycles. The monoisotopic (exact) mass is 882 g/mol. The molecule has 263 valence electrons. The second kappa shape index (κ2) is 15.3. The summed E-state index contributed by atoms with van der Waals surface area (Å²) in [6.07, 6.45) is 2.11. The van der Waals surface area contributed by atoms with E-state index in [1.165, 1.54) is 16.3 Å². The number of furan rings is 1. The molecule has 3 aromatic heterocycles. The van der Waals surface area contributed by atoms with Gasteiger partial charge in [-0.1, -0.05) is 122 Å². The first-order valence-corrected chi connectivity index (χ1v) is 21.2. The van der Waals surface area contributed by atoms with Crippen LogP contribution in [0.4, 0.5) is 0 Å². The van der Waals surface area contributed by atoms with Crippen LogP contribution < -0.4 is 5.19 Å². The van der Waals surface area contributed by atoms with Gasteiger partial charge in [-0.15, -0.1) is 54.1 Å². The van der Waals surface area contributed by atoms with Crippen molar-refractivity contribution in [2.24, 2.45) is 0 Å². The van der Waals surface area contributed by atoms with Crippen LogP contribution in [0.15, 0.2) is 162 Å². The van der Waals surface area contributed by atoms with E-state index in [9.17, 15) is 0 Å². The number of imidazole rings is 1. The molecule has 53 heavy (non-hydrogen) atoms. The largest absolute Gasteiger partial charge is 0.501 e. The molecule has 6 aromatic carbocycles. The zero-order chi connectivity index (χ0) is 35.7. The maximum Gasteiger partial charge on any atom is 0.120 e. The molecule has 1 atom stereocenters. The molecule has 0 amide bonds. The van der Waals surface area contributed by atoms with Gasteiger partial charge in [0.25, 0.3) is 0 Å². The minimum absolute atomic E-state index is 0. The van der Waals surface area contributed by atoms with Gasteiger partial charge in [0.05, 0.1) is 30.5 Å². The second-order valence-electron chi connectivity index (χ2n) is 14.1. The molecular weight excluding hydrogens is 843 g/mol. The Morgan fingerprint density at radius 1 is 0.698 bits per heavy atom. The molecule has 4 nitrogen and oxygen atoms in total. The summed E-state index contributed by atoms with van der Waals surface area (Å²) in [7, 11) is -1.47. The maximum absolute atomic E-state index is 6.24. The van der Waals surface area contributed by atoms with E-state index in [0.29, 0.717) is 5.92 Å². The summed E-state index contributed by atoms with van der Waals surface area (Å²) < 4.78 is 8.41. The van der Waals surface area contributed by atoms with Crippen LogP contribution in [0.1, 0.15) is 24.0 Å². The third kappa shape index (κ3) is 7.19. The molecular formula is C47H39IrN3OSi-2. The van der Waals surface area contributed by atoms with Gasteiger partial charge in [-0.25, -0.2) is 0 Å². The second-order valence-corrected chi connectivity index (χ2v) is 19.1. The average Bonchev–Trinajstić information content (AvgIpc) is 3.77. The average molecular weight is 882 g/mol. The molecule has 1 radical (unpaired) electrons. The summed E-state index contributed by atoms with van der Waals surface area (Å²) in [5.74, 6) is 1.19. The van der Waals surface area contributed by atoms with Crippen molar-refractivity contribution in [1.29, 1.82) is 0 Å². The van der Waals surface area contributed by atoms with E-state index >= 15 is 0 Å². The number of benzene rings is 6. The van der Waals surface area contributed by atoms with Crippen molar-refractivity contribution < 1.29 is 24.5 Å². The molecule has 1 unspecified atom stereocenters. The van der Waals surface area contributed by atoms with Crippen molar-refractivity contribution in [2.45, 2.75) is 32.5 Å². The Morgan fingerprint density at radius 3 is 2.15 bits per heavy atom. The van der Waals surface area contributed by atoms with E-state index in [1.807, 2.05) is 78.9 Å². The maximum atomic E-state index is 6.24. The number of nitrogens with zero attached hydrogens (tertiary/aromatic N) is 3. The minimum Gasteiger partial charge on any atom is -0.501 e. The first-order chi connectivity index (χ1) is 25.4. The Bertz CT molecular complexity index is 2630. The number of para-hydroxylation sites is 4. The minimum atomic E-state index is -1.47. The van der Waals surface area contributed by atoms with Crippen LogP contribution in [0.5, 0.6) is 0 Å². The van der Waals surface area contributed by atoms with E-state index in [4.69, 9.17) is 14.4 Å². The van der Waals surface area contributed by atoms with Crippen molar-refractivity contribution in [3.63, 3.8) is 0 Å². The summed E-state index contributed by atoms with van der Waals surface area (Å²) in [5.41, 5.74) is 10.5. The predicted molar refractivity (Wildman–Crippen MR) is 218 cm³/mol. The smallest absolute Gasteiger partial charge is 0.120 e. The summed E-state index contributed by atoms with van der Waals surface area (Å²) in [6.45, 7) is 9.46. The normalized spacial score (nSPS) is 11.9. The molecule has 9 rings (SSSR count). The van der Waals surface area contributed by atoms with Crippen LogP contribution in [0.3, 0.4) is 0 Å². The zero-order valence-electron chi connectivity index (χ0n) is 30.2. The number of hydrogen-bond donors (Lipinski definition) is 0. The Kier molecular flexibility index (Phi) is 10.4.